The van der Waals surface area contributed by atoms with Gasteiger partial charge in [0, 0.05) is 19.8 Å². The van der Waals surface area contributed by atoms with Gasteiger partial charge in [0.05, 0.1) is 5.56 Å². The van der Waals surface area contributed by atoms with Crippen LogP contribution in [-0.2, 0) is 14.1 Å². The lowest BCUT2D eigenvalue weighted by atomic mass is 10.1. The number of carbonyl (C=O) groups is 1. The van der Waals surface area contributed by atoms with Crippen molar-refractivity contribution in [3.63, 3.8) is 0 Å². The van der Waals surface area contributed by atoms with E-state index in [-0.39, 0.29) is 22.8 Å². The molecule has 1 aromatic carbocycles. The van der Waals surface area contributed by atoms with Gasteiger partial charge in [-0.3, -0.25) is 18.7 Å². The highest BCUT2D eigenvalue weighted by Gasteiger charge is 2.17. The molecule has 0 bridgehead atoms. The van der Waals surface area contributed by atoms with Crippen molar-refractivity contribution in [2.24, 2.45) is 14.1 Å². The molecule has 0 spiro atoms. The summed E-state index contributed by atoms with van der Waals surface area (Å²) < 4.78 is 1.94. The normalized spacial score (nSPS) is 10.4. The van der Waals surface area contributed by atoms with Crippen molar-refractivity contribution in [2.75, 3.05) is 16.8 Å². The molecule has 0 saturated carbocycles. The van der Waals surface area contributed by atoms with Gasteiger partial charge < -0.3 is 16.8 Å². The Bertz CT molecular complexity index is 835. The SMILES string of the molecule is Cn1c(N)c(NC(=O)c2ccccc2N)c(=O)n(C)c1=O. The number of amides is 1. The number of para-hydroxylation sites is 1. The topological polar surface area (TPSA) is 125 Å². The number of nitrogens with zero attached hydrogens (tertiary/aromatic N) is 2. The quantitative estimate of drug-likeness (QED) is 0.643. The summed E-state index contributed by atoms with van der Waals surface area (Å²) in [7, 11) is 2.71. The predicted octanol–water partition coefficient (Wildman–Crippen LogP) is -0.499. The first-order chi connectivity index (χ1) is 9.84. The third-order valence-corrected chi connectivity index (χ3v) is 3.15. The average Bonchev–Trinajstić information content (AvgIpc) is 2.48. The highest BCUT2D eigenvalue weighted by Crippen LogP contribution is 2.15. The molecule has 8 nitrogen and oxygen atoms in total. The van der Waals surface area contributed by atoms with Gasteiger partial charge in [0.1, 0.15) is 11.5 Å². The lowest BCUT2D eigenvalue weighted by Gasteiger charge is -2.13. The van der Waals surface area contributed by atoms with Crippen LogP contribution >= 0.6 is 0 Å². The Morgan fingerprint density at radius 3 is 2.33 bits per heavy atom. The smallest absolute Gasteiger partial charge is 0.332 e. The van der Waals surface area contributed by atoms with Crippen LogP contribution in [0.25, 0.3) is 0 Å². The first-order valence-electron chi connectivity index (χ1n) is 6.06. The van der Waals surface area contributed by atoms with Crippen LogP contribution in [0.1, 0.15) is 10.4 Å². The van der Waals surface area contributed by atoms with E-state index in [1.807, 2.05) is 0 Å². The van der Waals surface area contributed by atoms with Gasteiger partial charge >= 0.3 is 5.69 Å². The second kappa shape index (κ2) is 5.16. The lowest BCUT2D eigenvalue weighted by Crippen LogP contribution is -2.40. The maximum absolute atomic E-state index is 12.2. The zero-order chi connectivity index (χ0) is 15.7. The Morgan fingerprint density at radius 1 is 1.10 bits per heavy atom. The second-order valence-corrected chi connectivity index (χ2v) is 4.51. The molecule has 0 aliphatic heterocycles. The van der Waals surface area contributed by atoms with E-state index in [1.54, 1.807) is 18.2 Å². The Hall–Kier alpha value is -3.03. The molecule has 2 rings (SSSR count). The Balaban J connectivity index is 2.51. The molecule has 110 valence electrons. The van der Waals surface area contributed by atoms with Crippen LogP contribution in [-0.4, -0.2) is 15.0 Å². The number of hydrogen-bond acceptors (Lipinski definition) is 5. The molecule has 0 saturated heterocycles. The van der Waals surface area contributed by atoms with Crippen molar-refractivity contribution in [3.8, 4) is 0 Å². The number of nitrogen functional groups attached to an aromatic ring is 2. The van der Waals surface area contributed by atoms with Crippen LogP contribution in [0.3, 0.4) is 0 Å². The van der Waals surface area contributed by atoms with E-state index in [2.05, 4.69) is 5.32 Å². The van der Waals surface area contributed by atoms with Gasteiger partial charge in [0.15, 0.2) is 0 Å². The monoisotopic (exact) mass is 289 g/mol. The minimum absolute atomic E-state index is 0.119. The number of rotatable bonds is 2. The first-order valence-corrected chi connectivity index (χ1v) is 6.06. The molecule has 0 aliphatic carbocycles. The standard InChI is InChI=1S/C13H15N5O3/c1-17-10(15)9(12(20)18(2)13(17)21)16-11(19)7-5-3-4-6-8(7)14/h3-6H,14-15H2,1-2H3,(H,16,19). The lowest BCUT2D eigenvalue weighted by molar-refractivity contribution is 0.102. The number of aromatic nitrogens is 2. The molecule has 1 amide bonds. The Labute approximate surface area is 119 Å². The zero-order valence-corrected chi connectivity index (χ0v) is 11.6. The van der Waals surface area contributed by atoms with E-state index < -0.39 is 17.2 Å². The highest BCUT2D eigenvalue weighted by molar-refractivity contribution is 6.08. The van der Waals surface area contributed by atoms with Crippen molar-refractivity contribution in [1.29, 1.82) is 0 Å². The summed E-state index contributed by atoms with van der Waals surface area (Å²) in [4.78, 5) is 35.9. The van der Waals surface area contributed by atoms with Gasteiger partial charge in [-0.1, -0.05) is 12.1 Å². The van der Waals surface area contributed by atoms with E-state index in [1.165, 1.54) is 20.2 Å². The van der Waals surface area contributed by atoms with Crippen molar-refractivity contribution in [2.45, 2.75) is 0 Å². The van der Waals surface area contributed by atoms with Gasteiger partial charge in [-0.2, -0.15) is 0 Å². The molecular formula is C13H15N5O3. The fourth-order valence-electron chi connectivity index (χ4n) is 1.86. The summed E-state index contributed by atoms with van der Waals surface area (Å²) in [6.07, 6.45) is 0. The number of nitrogens with one attached hydrogen (secondary N) is 1. The van der Waals surface area contributed by atoms with Crippen molar-refractivity contribution in [1.82, 2.24) is 9.13 Å². The summed E-state index contributed by atoms with van der Waals surface area (Å²) in [5, 5.41) is 2.41. The van der Waals surface area contributed by atoms with Crippen LogP contribution in [0.2, 0.25) is 0 Å². The third kappa shape index (κ3) is 2.38. The van der Waals surface area contributed by atoms with Gasteiger partial charge in [-0.25, -0.2) is 4.79 Å². The van der Waals surface area contributed by atoms with E-state index in [0.29, 0.717) is 0 Å². The maximum atomic E-state index is 12.2. The van der Waals surface area contributed by atoms with E-state index >= 15 is 0 Å². The molecule has 8 heteroatoms. The molecule has 5 N–H and O–H groups in total. The number of nitrogens with two attached hydrogens (primary N) is 2. The molecule has 21 heavy (non-hydrogen) atoms. The summed E-state index contributed by atoms with van der Waals surface area (Å²) in [5.74, 6) is -0.693. The van der Waals surface area contributed by atoms with Crippen LogP contribution in [0.15, 0.2) is 33.9 Å². The molecule has 0 aliphatic rings. The van der Waals surface area contributed by atoms with Gasteiger partial charge in [0.2, 0.25) is 0 Å². The number of carbonyl (C=O) groups excluding carboxylic acids is 1. The van der Waals surface area contributed by atoms with E-state index in [9.17, 15) is 14.4 Å². The molecule has 1 heterocycles. The minimum atomic E-state index is -0.682. The molecular weight excluding hydrogens is 274 g/mol. The van der Waals surface area contributed by atoms with Crippen LogP contribution in [0.4, 0.5) is 17.2 Å². The fourth-order valence-corrected chi connectivity index (χ4v) is 1.86. The van der Waals surface area contributed by atoms with Crippen LogP contribution < -0.4 is 28.0 Å². The van der Waals surface area contributed by atoms with E-state index in [4.69, 9.17) is 11.5 Å². The van der Waals surface area contributed by atoms with Crippen molar-refractivity contribution in [3.05, 3.63) is 50.7 Å². The summed E-state index contributed by atoms with van der Waals surface area (Å²) >= 11 is 0. The molecule has 0 atom stereocenters. The van der Waals surface area contributed by atoms with Gasteiger partial charge in [-0.05, 0) is 12.1 Å². The minimum Gasteiger partial charge on any atom is -0.398 e. The zero-order valence-electron chi connectivity index (χ0n) is 11.6. The van der Waals surface area contributed by atoms with Crippen LogP contribution in [0.5, 0.6) is 0 Å². The summed E-state index contributed by atoms with van der Waals surface area (Å²) in [5.41, 5.74) is 10.5. The molecule has 0 radical (unpaired) electrons. The van der Waals surface area contributed by atoms with Gasteiger partial charge in [-0.15, -0.1) is 0 Å². The fraction of sp³-hybridized carbons (Fsp3) is 0.154. The van der Waals surface area contributed by atoms with Crippen molar-refractivity contribution >= 4 is 23.1 Å². The van der Waals surface area contributed by atoms with E-state index in [0.717, 1.165) is 9.13 Å². The third-order valence-electron chi connectivity index (χ3n) is 3.15. The van der Waals surface area contributed by atoms with Crippen molar-refractivity contribution < 1.29 is 4.79 Å². The molecule has 0 unspecified atom stereocenters. The maximum Gasteiger partial charge on any atom is 0.332 e. The predicted molar refractivity (Wildman–Crippen MR) is 80.1 cm³/mol. The summed E-state index contributed by atoms with van der Waals surface area (Å²) in [6, 6.07) is 6.42. The molecule has 2 aromatic rings. The largest absolute Gasteiger partial charge is 0.398 e. The first kappa shape index (κ1) is 14.4. The molecule has 1 aromatic heterocycles. The molecule has 0 fully saturated rings. The number of benzene rings is 1. The number of hydrogen-bond donors (Lipinski definition) is 3. The number of anilines is 3. The Kier molecular flexibility index (Phi) is 3.53. The average molecular weight is 289 g/mol. The van der Waals surface area contributed by atoms with Crippen LogP contribution in [0, 0.1) is 0 Å². The summed E-state index contributed by atoms with van der Waals surface area (Å²) in [6.45, 7) is 0. The van der Waals surface area contributed by atoms with Gasteiger partial charge in [0.25, 0.3) is 11.5 Å². The second-order valence-electron chi connectivity index (χ2n) is 4.51. The Morgan fingerprint density at radius 2 is 1.71 bits per heavy atom. The highest BCUT2D eigenvalue weighted by atomic mass is 16.2.